The van der Waals surface area contributed by atoms with Crippen LogP contribution in [-0.4, -0.2) is 77.4 Å². The highest BCUT2D eigenvalue weighted by Crippen LogP contribution is 2.17. The summed E-state index contributed by atoms with van der Waals surface area (Å²) in [7, 11) is 0. The number of rotatable bonds is 9. The zero-order valence-corrected chi connectivity index (χ0v) is 15.6. The Morgan fingerprint density at radius 1 is 1.18 bits per heavy atom. The normalized spacial score (nSPS) is 22.5. The molecule has 4 amide bonds. The number of carboxylic acids is 1. The molecular weight excluding hydrogens is 370 g/mol. The lowest BCUT2D eigenvalue weighted by atomic mass is 10.1. The maximum absolute atomic E-state index is 12.5. The molecule has 2 heterocycles. The Morgan fingerprint density at radius 3 is 2.54 bits per heavy atom. The van der Waals surface area contributed by atoms with Crippen molar-refractivity contribution in [2.75, 3.05) is 19.6 Å². The summed E-state index contributed by atoms with van der Waals surface area (Å²) < 4.78 is 0. The summed E-state index contributed by atoms with van der Waals surface area (Å²) in [5.41, 5.74) is 5.13. The minimum atomic E-state index is -1.08. The maximum atomic E-state index is 12.5. The Bertz CT molecular complexity index is 634. The molecule has 2 rings (SSSR count). The van der Waals surface area contributed by atoms with E-state index >= 15 is 0 Å². The van der Waals surface area contributed by atoms with Crippen LogP contribution in [0.1, 0.15) is 38.5 Å². The fourth-order valence-electron chi connectivity index (χ4n) is 3.45. The molecule has 2 fully saturated rings. The summed E-state index contributed by atoms with van der Waals surface area (Å²) in [5.74, 6) is -3.15. The van der Waals surface area contributed by atoms with Gasteiger partial charge in [0, 0.05) is 13.0 Å². The van der Waals surface area contributed by atoms with Crippen molar-refractivity contribution >= 4 is 29.6 Å². The second kappa shape index (κ2) is 10.0. The number of carbonyl (C=O) groups is 5. The molecule has 0 radical (unpaired) electrons. The number of carbonyl (C=O) groups excluding carboxylic acids is 4. The van der Waals surface area contributed by atoms with E-state index in [1.54, 1.807) is 0 Å². The van der Waals surface area contributed by atoms with Gasteiger partial charge in [0.05, 0.1) is 12.6 Å². The van der Waals surface area contributed by atoms with Crippen molar-refractivity contribution in [1.29, 1.82) is 0 Å². The number of hydrogen-bond acceptors (Lipinski definition) is 6. The van der Waals surface area contributed by atoms with Crippen molar-refractivity contribution in [3.63, 3.8) is 0 Å². The van der Waals surface area contributed by atoms with Crippen molar-refractivity contribution in [1.82, 2.24) is 20.9 Å². The number of nitrogens with one attached hydrogen (secondary N) is 3. The molecule has 0 aromatic rings. The van der Waals surface area contributed by atoms with E-state index < -0.39 is 41.8 Å². The number of aliphatic carboxylic acids is 1. The first-order valence-electron chi connectivity index (χ1n) is 9.41. The lowest BCUT2D eigenvalue weighted by Gasteiger charge is -2.23. The van der Waals surface area contributed by atoms with Crippen LogP contribution in [0.5, 0.6) is 0 Å². The topological polar surface area (TPSA) is 171 Å². The Kier molecular flexibility index (Phi) is 7.73. The van der Waals surface area contributed by atoms with Crippen molar-refractivity contribution in [3.05, 3.63) is 0 Å². The Hall–Kier alpha value is -2.69. The molecule has 11 heteroatoms. The van der Waals surface area contributed by atoms with Gasteiger partial charge in [-0.25, -0.2) is 4.79 Å². The average molecular weight is 397 g/mol. The molecule has 11 nitrogen and oxygen atoms in total. The Labute approximate surface area is 162 Å². The van der Waals surface area contributed by atoms with Gasteiger partial charge in [0.1, 0.15) is 12.1 Å². The Morgan fingerprint density at radius 2 is 1.93 bits per heavy atom. The van der Waals surface area contributed by atoms with Gasteiger partial charge >= 0.3 is 5.97 Å². The fraction of sp³-hybridized carbons (Fsp3) is 0.706. The summed E-state index contributed by atoms with van der Waals surface area (Å²) in [6, 6.07) is -2.29. The van der Waals surface area contributed by atoms with Gasteiger partial charge in [-0.3, -0.25) is 19.2 Å². The van der Waals surface area contributed by atoms with Gasteiger partial charge in [0.15, 0.2) is 0 Å². The van der Waals surface area contributed by atoms with E-state index in [4.69, 9.17) is 10.8 Å². The van der Waals surface area contributed by atoms with Gasteiger partial charge in [-0.05, 0) is 38.6 Å². The molecule has 2 saturated heterocycles. The Balaban J connectivity index is 1.91. The molecule has 28 heavy (non-hydrogen) atoms. The first-order chi connectivity index (χ1) is 13.3. The quantitative estimate of drug-likeness (QED) is 0.291. The van der Waals surface area contributed by atoms with Gasteiger partial charge in [-0.2, -0.15) is 0 Å². The summed E-state index contributed by atoms with van der Waals surface area (Å²) in [6.45, 7) is 0.652. The smallest absolute Gasteiger partial charge is 0.326 e. The van der Waals surface area contributed by atoms with E-state index in [9.17, 15) is 24.0 Å². The summed E-state index contributed by atoms with van der Waals surface area (Å²) in [5, 5.41) is 17.2. The number of nitrogens with zero attached hydrogens (tertiary/aromatic N) is 1. The first-order valence-corrected chi connectivity index (χ1v) is 9.41. The van der Waals surface area contributed by atoms with E-state index in [2.05, 4.69) is 16.0 Å². The second-order valence-corrected chi connectivity index (χ2v) is 7.02. The molecular formula is C17H27N5O6. The van der Waals surface area contributed by atoms with Crippen molar-refractivity contribution in [3.8, 4) is 0 Å². The van der Waals surface area contributed by atoms with Crippen LogP contribution >= 0.6 is 0 Å². The number of carboxylic acid groups (broad SMARTS) is 1. The second-order valence-electron chi connectivity index (χ2n) is 7.02. The van der Waals surface area contributed by atoms with Crippen molar-refractivity contribution in [2.45, 2.75) is 56.7 Å². The van der Waals surface area contributed by atoms with Gasteiger partial charge in [-0.15, -0.1) is 0 Å². The molecule has 0 unspecified atom stereocenters. The molecule has 0 saturated carbocycles. The van der Waals surface area contributed by atoms with Gasteiger partial charge in [0.2, 0.25) is 23.6 Å². The lowest BCUT2D eigenvalue weighted by Crippen LogP contribution is -2.53. The van der Waals surface area contributed by atoms with Crippen LogP contribution < -0.4 is 21.7 Å². The van der Waals surface area contributed by atoms with Crippen LogP contribution in [0, 0.1) is 0 Å². The zero-order valence-electron chi connectivity index (χ0n) is 15.6. The molecule has 156 valence electrons. The lowest BCUT2D eigenvalue weighted by molar-refractivity contribution is -0.148. The highest BCUT2D eigenvalue weighted by Gasteiger charge is 2.34. The van der Waals surface area contributed by atoms with E-state index in [1.165, 1.54) is 4.90 Å². The van der Waals surface area contributed by atoms with Crippen LogP contribution in [-0.2, 0) is 24.0 Å². The third-order valence-electron chi connectivity index (χ3n) is 4.96. The number of nitrogens with two attached hydrogens (primary N) is 1. The molecule has 0 bridgehead atoms. The highest BCUT2D eigenvalue weighted by atomic mass is 16.4. The largest absolute Gasteiger partial charge is 0.480 e. The number of amides is 4. The average Bonchev–Trinajstić information content (AvgIpc) is 3.34. The zero-order chi connectivity index (χ0) is 20.7. The predicted molar refractivity (Wildman–Crippen MR) is 96.8 cm³/mol. The van der Waals surface area contributed by atoms with Crippen molar-refractivity contribution < 1.29 is 29.1 Å². The summed E-state index contributed by atoms with van der Waals surface area (Å²) in [4.78, 5) is 60.4. The molecule has 2 aliphatic heterocycles. The SMILES string of the molecule is NC(=O)CC[C@H](NC(=O)[C@@H]1CCCN1)C(=O)NCC(=O)N1CCC[C@H]1C(=O)O. The number of likely N-dealkylation sites (tertiary alicyclic amines) is 1. The molecule has 3 atom stereocenters. The third-order valence-corrected chi connectivity index (χ3v) is 4.96. The molecule has 6 N–H and O–H groups in total. The van der Waals surface area contributed by atoms with Crippen LogP contribution in [0.4, 0.5) is 0 Å². The van der Waals surface area contributed by atoms with E-state index in [0.29, 0.717) is 32.4 Å². The van der Waals surface area contributed by atoms with Crippen molar-refractivity contribution in [2.24, 2.45) is 5.73 Å². The minimum Gasteiger partial charge on any atom is -0.480 e. The van der Waals surface area contributed by atoms with Gasteiger partial charge in [-0.1, -0.05) is 0 Å². The first kappa shape index (κ1) is 21.6. The third kappa shape index (κ3) is 5.91. The maximum Gasteiger partial charge on any atom is 0.326 e. The number of hydrogen-bond donors (Lipinski definition) is 5. The summed E-state index contributed by atoms with van der Waals surface area (Å²) in [6.07, 6.45) is 2.38. The van der Waals surface area contributed by atoms with E-state index in [-0.39, 0.29) is 25.3 Å². The standard InChI is InChI=1S/C17H27N5O6/c18-13(23)6-5-11(21-16(26)10-3-1-7-19-10)15(25)20-9-14(24)22-8-2-4-12(22)17(27)28/h10-12,19H,1-9H2,(H2,18,23)(H,20,25)(H,21,26)(H,27,28)/t10-,11-,12-/m0/s1. The number of primary amides is 1. The van der Waals surface area contributed by atoms with E-state index in [0.717, 1.165) is 6.42 Å². The molecule has 0 spiro atoms. The van der Waals surface area contributed by atoms with Crippen LogP contribution in [0.25, 0.3) is 0 Å². The molecule has 0 aliphatic carbocycles. The monoisotopic (exact) mass is 397 g/mol. The fourth-order valence-corrected chi connectivity index (χ4v) is 3.45. The summed E-state index contributed by atoms with van der Waals surface area (Å²) >= 11 is 0. The van der Waals surface area contributed by atoms with Gasteiger partial charge in [0.25, 0.3) is 0 Å². The minimum absolute atomic E-state index is 0.00921. The van der Waals surface area contributed by atoms with E-state index in [1.807, 2.05) is 0 Å². The molecule has 0 aromatic heterocycles. The van der Waals surface area contributed by atoms with Crippen LogP contribution in [0.3, 0.4) is 0 Å². The molecule has 0 aromatic carbocycles. The predicted octanol–water partition coefficient (Wildman–Crippen LogP) is -2.32. The van der Waals surface area contributed by atoms with Crippen LogP contribution in [0.2, 0.25) is 0 Å². The highest BCUT2D eigenvalue weighted by molar-refractivity contribution is 5.93. The molecule has 2 aliphatic rings. The van der Waals surface area contributed by atoms with Gasteiger partial charge < -0.3 is 31.7 Å². The van der Waals surface area contributed by atoms with Crippen LogP contribution in [0.15, 0.2) is 0 Å².